The number of aromatic amines is 1. The average Bonchev–Trinajstić information content (AvgIpc) is 3.27. The Kier molecular flexibility index (Phi) is 5.28. The maximum atomic E-state index is 12.7. The molecule has 1 aromatic carbocycles. The number of hydrogen-bond donors (Lipinski definition) is 2. The van der Waals surface area contributed by atoms with E-state index < -0.39 is 0 Å². The number of ketones is 1. The van der Waals surface area contributed by atoms with Gasteiger partial charge in [-0.15, -0.1) is 0 Å². The Balaban J connectivity index is 1.90. The molecule has 3 rings (SSSR count). The number of nitrogens with zero attached hydrogens (tertiary/aromatic N) is 3. The topological polar surface area (TPSA) is 93.0 Å². The highest BCUT2D eigenvalue weighted by Gasteiger charge is 2.15. The third-order valence-electron chi connectivity index (χ3n) is 3.90. The molecule has 0 unspecified atom stereocenters. The Morgan fingerprint density at radius 2 is 2.08 bits per heavy atom. The lowest BCUT2D eigenvalue weighted by Gasteiger charge is -2.08. The van der Waals surface area contributed by atoms with Crippen molar-refractivity contribution >= 4 is 11.5 Å². The number of aliphatic hydroxyl groups excluding tert-OH is 1. The van der Waals surface area contributed by atoms with Gasteiger partial charge in [0, 0.05) is 25.9 Å². The Hall–Kier alpha value is -3.19. The normalized spacial score (nSPS) is 11.7. The number of rotatable bonds is 7. The summed E-state index contributed by atoms with van der Waals surface area (Å²) in [6, 6.07) is 9.89. The van der Waals surface area contributed by atoms with Crippen molar-refractivity contribution in [2.45, 2.75) is 20.1 Å². The molecule has 7 heteroatoms. The van der Waals surface area contributed by atoms with Crippen LogP contribution in [0.5, 0.6) is 0 Å². The van der Waals surface area contributed by atoms with E-state index in [9.17, 15) is 9.90 Å². The maximum Gasteiger partial charge on any atom is 0.215 e. The van der Waals surface area contributed by atoms with Gasteiger partial charge in [-0.3, -0.25) is 9.89 Å². The third-order valence-corrected chi connectivity index (χ3v) is 3.90. The van der Waals surface area contributed by atoms with Crippen LogP contribution in [0.15, 0.2) is 48.9 Å². The molecule has 0 aliphatic heterocycles. The van der Waals surface area contributed by atoms with Gasteiger partial charge in [-0.2, -0.15) is 5.10 Å². The monoisotopic (exact) mass is 352 g/mol. The molecule has 0 aliphatic rings. The van der Waals surface area contributed by atoms with Crippen LogP contribution in [0.4, 0.5) is 0 Å². The van der Waals surface area contributed by atoms with Crippen LogP contribution in [0, 0.1) is 6.92 Å². The zero-order valence-electron chi connectivity index (χ0n) is 14.6. The van der Waals surface area contributed by atoms with Crippen molar-refractivity contribution in [1.29, 1.82) is 0 Å². The molecule has 2 aromatic heterocycles. The largest absolute Gasteiger partial charge is 0.504 e. The minimum atomic E-state index is -0.332. The Morgan fingerprint density at radius 1 is 1.31 bits per heavy atom. The van der Waals surface area contributed by atoms with E-state index in [1.807, 2.05) is 42.0 Å². The number of methoxy groups -OCH3 is 1. The molecular formula is C19H20N4O3. The highest BCUT2D eigenvalue weighted by Crippen LogP contribution is 2.16. The van der Waals surface area contributed by atoms with E-state index in [2.05, 4.69) is 15.2 Å². The van der Waals surface area contributed by atoms with Crippen LogP contribution >= 0.6 is 0 Å². The van der Waals surface area contributed by atoms with Gasteiger partial charge in [-0.25, -0.2) is 4.98 Å². The van der Waals surface area contributed by atoms with Crippen molar-refractivity contribution in [3.05, 3.63) is 77.1 Å². The summed E-state index contributed by atoms with van der Waals surface area (Å²) in [6.45, 7) is 2.97. The summed E-state index contributed by atoms with van der Waals surface area (Å²) in [7, 11) is 1.60. The predicted molar refractivity (Wildman–Crippen MR) is 96.7 cm³/mol. The molecular weight excluding hydrogens is 332 g/mol. The fraction of sp³-hybridized carbons (Fsp3) is 0.211. The lowest BCUT2D eigenvalue weighted by Crippen LogP contribution is -2.08. The number of carbonyl (C=O) groups is 1. The van der Waals surface area contributed by atoms with Crippen LogP contribution in [0.3, 0.4) is 0 Å². The van der Waals surface area contributed by atoms with E-state index in [1.54, 1.807) is 13.2 Å². The molecule has 0 amide bonds. The van der Waals surface area contributed by atoms with Crippen molar-refractivity contribution in [2.75, 3.05) is 7.11 Å². The lowest BCUT2D eigenvalue weighted by molar-refractivity contribution is 0.103. The molecule has 2 heterocycles. The van der Waals surface area contributed by atoms with Gasteiger partial charge in [0.15, 0.2) is 5.76 Å². The number of nitrogens with one attached hydrogen (secondary N) is 1. The van der Waals surface area contributed by atoms with Crippen LogP contribution in [-0.2, 0) is 17.9 Å². The first-order chi connectivity index (χ1) is 12.6. The minimum Gasteiger partial charge on any atom is -0.504 e. The van der Waals surface area contributed by atoms with E-state index >= 15 is 0 Å². The highest BCUT2D eigenvalue weighted by molar-refractivity contribution is 6.06. The van der Waals surface area contributed by atoms with Gasteiger partial charge in [-0.05, 0) is 24.1 Å². The molecule has 2 N–H and O–H groups in total. The fourth-order valence-electron chi connectivity index (χ4n) is 2.64. The molecule has 134 valence electrons. The van der Waals surface area contributed by atoms with E-state index in [-0.39, 0.29) is 17.4 Å². The first kappa shape index (κ1) is 17.6. The lowest BCUT2D eigenvalue weighted by atomic mass is 10.1. The van der Waals surface area contributed by atoms with E-state index in [0.29, 0.717) is 18.8 Å². The zero-order chi connectivity index (χ0) is 18.5. The predicted octanol–water partition coefficient (Wildman–Crippen LogP) is 2.89. The first-order valence-electron chi connectivity index (χ1n) is 8.11. The van der Waals surface area contributed by atoms with Crippen LogP contribution in [0.2, 0.25) is 0 Å². The number of carbonyl (C=O) groups excluding carboxylic acids is 1. The number of aliphatic hydroxyl groups is 1. The number of hydrogen-bond acceptors (Lipinski definition) is 5. The van der Waals surface area contributed by atoms with Gasteiger partial charge < -0.3 is 14.4 Å². The number of aromatic nitrogens is 4. The van der Waals surface area contributed by atoms with Crippen LogP contribution < -0.4 is 0 Å². The fourth-order valence-corrected chi connectivity index (χ4v) is 2.64. The summed E-state index contributed by atoms with van der Waals surface area (Å²) in [6.07, 6.45) is 4.34. The maximum absolute atomic E-state index is 12.7. The summed E-state index contributed by atoms with van der Waals surface area (Å²) < 4.78 is 7.02. The van der Waals surface area contributed by atoms with Crippen molar-refractivity contribution in [2.24, 2.45) is 0 Å². The van der Waals surface area contributed by atoms with Crippen LogP contribution in [-0.4, -0.2) is 37.7 Å². The molecule has 0 saturated heterocycles. The van der Waals surface area contributed by atoms with Gasteiger partial charge in [-0.1, -0.05) is 29.8 Å². The summed E-state index contributed by atoms with van der Waals surface area (Å²) in [4.78, 5) is 16.5. The molecule has 0 radical (unpaired) electrons. The second kappa shape index (κ2) is 7.79. The second-order valence-electron chi connectivity index (χ2n) is 6.00. The minimum absolute atomic E-state index is 0.0760. The molecule has 0 spiro atoms. The van der Waals surface area contributed by atoms with Gasteiger partial charge in [0.1, 0.15) is 6.33 Å². The third kappa shape index (κ3) is 4.07. The number of aryl methyl sites for hydroxylation is 1. The van der Waals surface area contributed by atoms with Crippen LogP contribution in [0.25, 0.3) is 5.76 Å². The Labute approximate surface area is 151 Å². The summed E-state index contributed by atoms with van der Waals surface area (Å²) >= 11 is 0. The molecule has 26 heavy (non-hydrogen) atoms. The zero-order valence-corrected chi connectivity index (χ0v) is 14.6. The molecule has 0 fully saturated rings. The molecule has 0 atom stereocenters. The molecule has 0 saturated carbocycles. The molecule has 3 aromatic rings. The summed E-state index contributed by atoms with van der Waals surface area (Å²) in [5.74, 6) is -0.540. The van der Waals surface area contributed by atoms with E-state index in [0.717, 1.165) is 17.2 Å². The number of H-pyrrole nitrogens is 1. The SMILES string of the molecule is COCc1cc(C(=O)C=C(O)c2nc[nH]n2)n(Cc2ccc(C)cc2)c1. The highest BCUT2D eigenvalue weighted by atomic mass is 16.5. The van der Waals surface area contributed by atoms with Crippen molar-refractivity contribution < 1.29 is 14.6 Å². The molecule has 7 nitrogen and oxygen atoms in total. The smallest absolute Gasteiger partial charge is 0.215 e. The molecule has 0 bridgehead atoms. The standard InChI is InChI=1S/C19H20N4O3/c1-13-3-5-14(6-4-13)9-23-10-15(11-26-2)7-16(23)17(24)8-18(25)19-20-12-21-22-19/h3-8,10,12,25H,9,11H2,1-2H3,(H,20,21,22). The van der Waals surface area contributed by atoms with Gasteiger partial charge in [0.25, 0.3) is 0 Å². The van der Waals surface area contributed by atoms with Crippen molar-refractivity contribution in [3.63, 3.8) is 0 Å². The Morgan fingerprint density at radius 3 is 2.73 bits per heavy atom. The number of allylic oxidation sites excluding steroid dienone is 1. The Bertz CT molecular complexity index is 909. The van der Waals surface area contributed by atoms with Crippen molar-refractivity contribution in [3.8, 4) is 0 Å². The summed E-state index contributed by atoms with van der Waals surface area (Å²) in [5.41, 5.74) is 3.59. The van der Waals surface area contributed by atoms with E-state index in [4.69, 9.17) is 4.74 Å². The number of benzene rings is 1. The van der Waals surface area contributed by atoms with Gasteiger partial charge in [0.2, 0.25) is 11.6 Å². The number of ether oxygens (including phenoxy) is 1. The van der Waals surface area contributed by atoms with Gasteiger partial charge in [0.05, 0.1) is 12.3 Å². The molecule has 0 aliphatic carbocycles. The van der Waals surface area contributed by atoms with E-state index in [1.165, 1.54) is 11.9 Å². The quantitative estimate of drug-likeness (QED) is 0.387. The summed E-state index contributed by atoms with van der Waals surface area (Å²) in [5, 5.41) is 16.3. The average molecular weight is 352 g/mol. The second-order valence-corrected chi connectivity index (χ2v) is 6.00. The van der Waals surface area contributed by atoms with Gasteiger partial charge >= 0.3 is 0 Å². The van der Waals surface area contributed by atoms with Crippen molar-refractivity contribution in [1.82, 2.24) is 19.7 Å². The first-order valence-corrected chi connectivity index (χ1v) is 8.11. The van der Waals surface area contributed by atoms with Crippen LogP contribution in [0.1, 0.15) is 33.0 Å².